The molecule has 2 aromatic heterocycles. The van der Waals surface area contributed by atoms with Crippen LogP contribution in [-0.4, -0.2) is 26.5 Å². The van der Waals surface area contributed by atoms with E-state index in [1.165, 1.54) is 16.9 Å². The first-order valence-electron chi connectivity index (χ1n) is 10.8. The highest BCUT2D eigenvalue weighted by atomic mass is 32.1. The molecular weight excluding hydrogens is 444 g/mol. The average Bonchev–Trinajstić information content (AvgIpc) is 3.42. The molecule has 1 amide bonds. The van der Waals surface area contributed by atoms with E-state index in [2.05, 4.69) is 29.5 Å². The first kappa shape index (κ1) is 21.7. The molecule has 0 saturated heterocycles. The van der Waals surface area contributed by atoms with E-state index in [0.717, 1.165) is 21.5 Å². The van der Waals surface area contributed by atoms with Gasteiger partial charge in [-0.2, -0.15) is 9.78 Å². The van der Waals surface area contributed by atoms with Crippen molar-refractivity contribution in [2.24, 2.45) is 0 Å². The molecule has 0 bridgehead atoms. The number of nitrogens with one attached hydrogen (secondary N) is 1. The number of amides is 1. The summed E-state index contributed by atoms with van der Waals surface area (Å²) in [6.45, 7) is 5.98. The van der Waals surface area contributed by atoms with Gasteiger partial charge in [0.1, 0.15) is 5.82 Å². The summed E-state index contributed by atoms with van der Waals surface area (Å²) in [6.07, 6.45) is 0. The number of carbonyl (C=O) groups is 2. The molecule has 5 rings (SSSR count). The third-order valence-electron chi connectivity index (χ3n) is 5.52. The maximum absolute atomic E-state index is 13.0. The van der Waals surface area contributed by atoms with Crippen molar-refractivity contribution in [3.8, 4) is 5.13 Å². The van der Waals surface area contributed by atoms with Crippen molar-refractivity contribution in [2.75, 3.05) is 5.32 Å². The molecule has 0 spiro atoms. The topological polar surface area (TPSA) is 76.9 Å². The second kappa shape index (κ2) is 8.68. The lowest BCUT2D eigenvalue weighted by atomic mass is 10.0. The summed E-state index contributed by atoms with van der Waals surface area (Å²) in [6, 6.07) is 21.8. The van der Waals surface area contributed by atoms with E-state index in [0.29, 0.717) is 27.6 Å². The van der Waals surface area contributed by atoms with E-state index < -0.39 is 0 Å². The zero-order valence-electron chi connectivity index (χ0n) is 19.0. The minimum atomic E-state index is -0.284. The summed E-state index contributed by atoms with van der Waals surface area (Å²) < 4.78 is 2.75. The molecule has 0 aliphatic carbocycles. The number of anilines is 1. The number of aromatic nitrogens is 3. The van der Waals surface area contributed by atoms with Crippen LogP contribution in [-0.2, 0) is 0 Å². The van der Waals surface area contributed by atoms with Gasteiger partial charge < -0.3 is 5.32 Å². The van der Waals surface area contributed by atoms with Gasteiger partial charge >= 0.3 is 0 Å². The standard InChI is InChI=1S/C27H22N4O2S/c1-16-13-17(2)24-22(14-16)34-27(29-24)31-23(15-18(3)30-31)28-26(33)21-11-9-20(10-12-21)25(32)19-7-5-4-6-8-19/h4-15H,1-3H3,(H,28,33). The van der Waals surface area contributed by atoms with Crippen LogP contribution in [0.4, 0.5) is 5.82 Å². The van der Waals surface area contributed by atoms with Gasteiger partial charge in [-0.25, -0.2) is 4.98 Å². The Bertz CT molecular complexity index is 1530. The van der Waals surface area contributed by atoms with E-state index in [1.54, 1.807) is 41.1 Å². The number of hydrogen-bond donors (Lipinski definition) is 1. The Balaban J connectivity index is 1.40. The number of hydrogen-bond acceptors (Lipinski definition) is 5. The highest BCUT2D eigenvalue weighted by Gasteiger charge is 2.17. The maximum atomic E-state index is 13.0. The van der Waals surface area contributed by atoms with Gasteiger partial charge in [-0.05, 0) is 50.1 Å². The quantitative estimate of drug-likeness (QED) is 0.328. The number of carbonyl (C=O) groups excluding carboxylic acids is 2. The van der Waals surface area contributed by atoms with E-state index >= 15 is 0 Å². The summed E-state index contributed by atoms with van der Waals surface area (Å²) in [5.74, 6) is 0.177. The van der Waals surface area contributed by atoms with Crippen LogP contribution in [0.25, 0.3) is 15.3 Å². The third kappa shape index (κ3) is 4.13. The molecule has 34 heavy (non-hydrogen) atoms. The van der Waals surface area contributed by atoms with Crippen LogP contribution in [0, 0.1) is 20.8 Å². The highest BCUT2D eigenvalue weighted by molar-refractivity contribution is 7.20. The molecular formula is C27H22N4O2S. The minimum absolute atomic E-state index is 0.0809. The second-order valence-electron chi connectivity index (χ2n) is 8.23. The molecule has 0 fully saturated rings. The minimum Gasteiger partial charge on any atom is -0.306 e. The summed E-state index contributed by atoms with van der Waals surface area (Å²) in [7, 11) is 0. The zero-order valence-corrected chi connectivity index (χ0v) is 19.8. The van der Waals surface area contributed by atoms with Gasteiger partial charge in [0.05, 0.1) is 15.9 Å². The summed E-state index contributed by atoms with van der Waals surface area (Å²) in [5.41, 5.74) is 5.59. The van der Waals surface area contributed by atoms with Crippen LogP contribution in [0.2, 0.25) is 0 Å². The van der Waals surface area contributed by atoms with Gasteiger partial charge in [0.25, 0.3) is 5.91 Å². The Morgan fingerprint density at radius 2 is 1.53 bits per heavy atom. The maximum Gasteiger partial charge on any atom is 0.256 e. The summed E-state index contributed by atoms with van der Waals surface area (Å²) >= 11 is 1.53. The molecule has 0 aliphatic rings. The van der Waals surface area contributed by atoms with Gasteiger partial charge in [-0.15, -0.1) is 0 Å². The number of fused-ring (bicyclic) bond motifs is 1. The molecule has 5 aromatic rings. The van der Waals surface area contributed by atoms with Crippen molar-refractivity contribution < 1.29 is 9.59 Å². The van der Waals surface area contributed by atoms with E-state index in [4.69, 9.17) is 4.98 Å². The van der Waals surface area contributed by atoms with Crippen molar-refractivity contribution >= 4 is 39.1 Å². The number of aryl methyl sites for hydroxylation is 3. The molecule has 2 heterocycles. The number of ketones is 1. The van der Waals surface area contributed by atoms with Crippen molar-refractivity contribution in [3.05, 3.63) is 106 Å². The number of rotatable bonds is 5. The largest absolute Gasteiger partial charge is 0.306 e. The van der Waals surface area contributed by atoms with Gasteiger partial charge in [-0.3, -0.25) is 9.59 Å². The Morgan fingerprint density at radius 1 is 0.853 bits per heavy atom. The number of nitrogens with zero attached hydrogens (tertiary/aromatic N) is 3. The molecule has 7 heteroatoms. The molecule has 0 radical (unpaired) electrons. The zero-order chi connectivity index (χ0) is 23.8. The fourth-order valence-corrected chi connectivity index (χ4v) is 5.01. The van der Waals surface area contributed by atoms with Gasteiger partial charge in [-0.1, -0.05) is 59.9 Å². The van der Waals surface area contributed by atoms with E-state index in [1.807, 2.05) is 38.1 Å². The van der Waals surface area contributed by atoms with Crippen LogP contribution in [0.3, 0.4) is 0 Å². The molecule has 0 aliphatic heterocycles. The summed E-state index contributed by atoms with van der Waals surface area (Å²) in [5, 5.41) is 8.18. The molecule has 0 saturated carbocycles. The van der Waals surface area contributed by atoms with Crippen molar-refractivity contribution in [1.82, 2.24) is 14.8 Å². The first-order valence-corrected chi connectivity index (χ1v) is 11.7. The second-order valence-corrected chi connectivity index (χ2v) is 9.24. The smallest absolute Gasteiger partial charge is 0.256 e. The molecule has 6 nitrogen and oxygen atoms in total. The molecule has 168 valence electrons. The Kier molecular flexibility index (Phi) is 5.55. The van der Waals surface area contributed by atoms with Crippen molar-refractivity contribution in [2.45, 2.75) is 20.8 Å². The normalized spacial score (nSPS) is 11.0. The first-order chi connectivity index (χ1) is 16.4. The van der Waals surface area contributed by atoms with Crippen LogP contribution in [0.1, 0.15) is 43.1 Å². The molecule has 1 N–H and O–H groups in total. The van der Waals surface area contributed by atoms with E-state index in [9.17, 15) is 9.59 Å². The third-order valence-corrected chi connectivity index (χ3v) is 6.50. The molecule has 3 aromatic carbocycles. The van der Waals surface area contributed by atoms with Gasteiger partial charge in [0.2, 0.25) is 5.13 Å². The Labute approximate surface area is 200 Å². The van der Waals surface area contributed by atoms with Crippen molar-refractivity contribution in [3.63, 3.8) is 0 Å². The van der Waals surface area contributed by atoms with E-state index in [-0.39, 0.29) is 11.7 Å². The molecule has 0 unspecified atom stereocenters. The highest BCUT2D eigenvalue weighted by Crippen LogP contribution is 2.30. The monoisotopic (exact) mass is 466 g/mol. The van der Waals surface area contributed by atoms with Crippen LogP contribution in [0.5, 0.6) is 0 Å². The lowest BCUT2D eigenvalue weighted by Crippen LogP contribution is -2.15. The fourth-order valence-electron chi connectivity index (χ4n) is 3.90. The lowest BCUT2D eigenvalue weighted by Gasteiger charge is -2.07. The van der Waals surface area contributed by atoms with Crippen LogP contribution < -0.4 is 5.32 Å². The predicted octanol–water partition coefficient (Wildman–Crippen LogP) is 5.89. The number of thiazole rings is 1. The van der Waals surface area contributed by atoms with Crippen molar-refractivity contribution in [1.29, 1.82) is 0 Å². The summed E-state index contributed by atoms with van der Waals surface area (Å²) in [4.78, 5) is 30.4. The fraction of sp³-hybridized carbons (Fsp3) is 0.111. The Hall–Kier alpha value is -4.10. The average molecular weight is 467 g/mol. The van der Waals surface area contributed by atoms with Gasteiger partial charge in [0, 0.05) is 22.8 Å². The van der Waals surface area contributed by atoms with Crippen LogP contribution >= 0.6 is 11.3 Å². The molecule has 0 atom stereocenters. The number of benzene rings is 3. The van der Waals surface area contributed by atoms with Gasteiger partial charge in [0.15, 0.2) is 5.78 Å². The predicted molar refractivity (Wildman–Crippen MR) is 135 cm³/mol. The lowest BCUT2D eigenvalue weighted by molar-refractivity contribution is 0.101. The SMILES string of the molecule is Cc1cc(C)c2nc(-n3nc(C)cc3NC(=O)c3ccc(C(=O)c4ccccc4)cc3)sc2c1. The van der Waals surface area contributed by atoms with Crippen LogP contribution in [0.15, 0.2) is 72.8 Å². The Morgan fingerprint density at radius 3 is 2.26 bits per heavy atom.